The highest BCUT2D eigenvalue weighted by atomic mass is 32.1. The highest BCUT2D eigenvalue weighted by molar-refractivity contribution is 7.18. The predicted molar refractivity (Wildman–Crippen MR) is 102 cm³/mol. The fourth-order valence-corrected chi connectivity index (χ4v) is 3.64. The SMILES string of the molecule is N#CCNC(=O)CCC(=O)Cc1nc2ccc(-c3ccc(F)cc3)cc2s1. The first-order chi connectivity index (χ1) is 13.0. The van der Waals surface area contributed by atoms with E-state index >= 15 is 0 Å². The number of thiazole rings is 1. The molecule has 1 aromatic heterocycles. The van der Waals surface area contributed by atoms with Gasteiger partial charge in [0.2, 0.25) is 5.91 Å². The number of nitriles is 1. The van der Waals surface area contributed by atoms with Crippen molar-refractivity contribution in [1.29, 1.82) is 5.26 Å². The highest BCUT2D eigenvalue weighted by Crippen LogP contribution is 2.28. The smallest absolute Gasteiger partial charge is 0.221 e. The van der Waals surface area contributed by atoms with Crippen molar-refractivity contribution in [3.8, 4) is 17.2 Å². The van der Waals surface area contributed by atoms with Crippen molar-refractivity contribution >= 4 is 33.2 Å². The van der Waals surface area contributed by atoms with E-state index in [0.717, 1.165) is 21.3 Å². The summed E-state index contributed by atoms with van der Waals surface area (Å²) in [5.41, 5.74) is 2.67. The van der Waals surface area contributed by atoms with Gasteiger partial charge in [0.15, 0.2) is 0 Å². The summed E-state index contributed by atoms with van der Waals surface area (Å²) < 4.78 is 14.0. The number of aromatic nitrogens is 1. The molecule has 0 aliphatic heterocycles. The van der Waals surface area contributed by atoms with Crippen molar-refractivity contribution in [2.24, 2.45) is 0 Å². The maximum Gasteiger partial charge on any atom is 0.221 e. The average molecular weight is 381 g/mol. The summed E-state index contributed by atoms with van der Waals surface area (Å²) in [5, 5.41) is 11.5. The minimum Gasteiger partial charge on any atom is -0.343 e. The fraction of sp³-hybridized carbons (Fsp3) is 0.200. The van der Waals surface area contributed by atoms with Crippen LogP contribution in [-0.2, 0) is 16.0 Å². The molecule has 0 spiro atoms. The molecule has 2 aromatic carbocycles. The van der Waals surface area contributed by atoms with Crippen LogP contribution in [0.25, 0.3) is 21.3 Å². The van der Waals surface area contributed by atoms with Gasteiger partial charge in [0.05, 0.1) is 22.7 Å². The number of hydrogen-bond acceptors (Lipinski definition) is 5. The highest BCUT2D eigenvalue weighted by Gasteiger charge is 2.12. The quantitative estimate of drug-likeness (QED) is 0.634. The minimum atomic E-state index is -0.307. The van der Waals surface area contributed by atoms with E-state index in [1.54, 1.807) is 12.1 Å². The van der Waals surface area contributed by atoms with Gasteiger partial charge in [-0.2, -0.15) is 5.26 Å². The van der Waals surface area contributed by atoms with Crippen LogP contribution in [0.5, 0.6) is 0 Å². The lowest BCUT2D eigenvalue weighted by atomic mass is 10.1. The molecule has 136 valence electrons. The van der Waals surface area contributed by atoms with E-state index in [1.165, 1.54) is 23.5 Å². The van der Waals surface area contributed by atoms with Crippen LogP contribution < -0.4 is 5.32 Å². The number of Topliss-reactive ketones (excluding diaryl/α,β-unsaturated/α-hetero) is 1. The number of halogens is 1. The van der Waals surface area contributed by atoms with Gasteiger partial charge in [-0.25, -0.2) is 9.37 Å². The van der Waals surface area contributed by atoms with Crippen LogP contribution in [0.1, 0.15) is 17.8 Å². The second-order valence-electron chi connectivity index (χ2n) is 5.95. The van der Waals surface area contributed by atoms with Crippen LogP contribution in [0.4, 0.5) is 4.39 Å². The topological polar surface area (TPSA) is 82.9 Å². The van der Waals surface area contributed by atoms with Crippen LogP contribution in [0.3, 0.4) is 0 Å². The summed E-state index contributed by atoms with van der Waals surface area (Å²) >= 11 is 1.44. The lowest BCUT2D eigenvalue weighted by Crippen LogP contribution is -2.24. The third kappa shape index (κ3) is 4.96. The molecule has 7 heteroatoms. The molecule has 27 heavy (non-hydrogen) atoms. The van der Waals surface area contributed by atoms with E-state index in [-0.39, 0.29) is 43.3 Å². The van der Waals surface area contributed by atoms with Gasteiger partial charge in [0.25, 0.3) is 0 Å². The first-order valence-corrected chi connectivity index (χ1v) is 9.17. The number of hydrogen-bond donors (Lipinski definition) is 1. The summed E-state index contributed by atoms with van der Waals surface area (Å²) in [4.78, 5) is 28.0. The van der Waals surface area contributed by atoms with Crippen molar-refractivity contribution in [3.05, 3.63) is 53.3 Å². The Morgan fingerprint density at radius 1 is 1.11 bits per heavy atom. The van der Waals surface area contributed by atoms with E-state index in [9.17, 15) is 14.0 Å². The van der Waals surface area contributed by atoms with Gasteiger partial charge in [-0.05, 0) is 35.4 Å². The molecule has 0 bridgehead atoms. The molecule has 5 nitrogen and oxygen atoms in total. The van der Waals surface area contributed by atoms with Crippen LogP contribution >= 0.6 is 11.3 Å². The Kier molecular flexibility index (Phi) is 5.89. The van der Waals surface area contributed by atoms with Crippen molar-refractivity contribution < 1.29 is 14.0 Å². The van der Waals surface area contributed by atoms with Crippen molar-refractivity contribution in [2.45, 2.75) is 19.3 Å². The molecule has 1 N–H and O–H groups in total. The normalized spacial score (nSPS) is 10.5. The monoisotopic (exact) mass is 381 g/mol. The van der Waals surface area contributed by atoms with E-state index in [1.807, 2.05) is 24.3 Å². The number of nitrogens with one attached hydrogen (secondary N) is 1. The third-order valence-corrected chi connectivity index (χ3v) is 4.97. The van der Waals surface area contributed by atoms with Gasteiger partial charge in [0, 0.05) is 12.8 Å². The largest absolute Gasteiger partial charge is 0.343 e. The number of amides is 1. The Balaban J connectivity index is 1.66. The lowest BCUT2D eigenvalue weighted by Gasteiger charge is -2.01. The van der Waals surface area contributed by atoms with Crippen LogP contribution in [-0.4, -0.2) is 23.2 Å². The average Bonchev–Trinajstić information content (AvgIpc) is 3.06. The summed E-state index contributed by atoms with van der Waals surface area (Å²) in [6.45, 7) is -0.0543. The zero-order chi connectivity index (χ0) is 19.2. The molecular formula is C20H16FN3O2S. The predicted octanol–water partition coefficient (Wildman–Crippen LogP) is 3.63. The summed E-state index contributed by atoms with van der Waals surface area (Å²) in [5.74, 6) is -0.655. The fourth-order valence-electron chi connectivity index (χ4n) is 2.61. The molecule has 0 saturated heterocycles. The molecule has 0 fully saturated rings. The van der Waals surface area contributed by atoms with Crippen LogP contribution in [0.15, 0.2) is 42.5 Å². The molecule has 1 heterocycles. The van der Waals surface area contributed by atoms with Gasteiger partial charge in [-0.15, -0.1) is 11.3 Å². The van der Waals surface area contributed by atoms with E-state index in [2.05, 4.69) is 10.3 Å². The second kappa shape index (κ2) is 8.52. The Bertz CT molecular complexity index is 1020. The van der Waals surface area contributed by atoms with E-state index in [0.29, 0.717) is 5.01 Å². The maximum atomic E-state index is 13.1. The van der Waals surface area contributed by atoms with Crippen LogP contribution in [0.2, 0.25) is 0 Å². The summed E-state index contributed by atoms with van der Waals surface area (Å²) in [7, 11) is 0. The van der Waals surface area contributed by atoms with Crippen LogP contribution in [0, 0.1) is 17.1 Å². The molecule has 1 amide bonds. The van der Waals surface area contributed by atoms with Gasteiger partial charge in [-0.3, -0.25) is 9.59 Å². The van der Waals surface area contributed by atoms with E-state index < -0.39 is 0 Å². The number of nitrogens with zero attached hydrogens (tertiary/aromatic N) is 2. The second-order valence-corrected chi connectivity index (χ2v) is 7.06. The number of fused-ring (bicyclic) bond motifs is 1. The zero-order valence-corrected chi connectivity index (χ0v) is 15.2. The molecule has 3 rings (SSSR count). The summed E-state index contributed by atoms with van der Waals surface area (Å²) in [6, 6.07) is 13.9. The number of carbonyl (C=O) groups is 2. The number of benzene rings is 2. The molecule has 0 atom stereocenters. The van der Waals surface area contributed by atoms with Crippen molar-refractivity contribution in [3.63, 3.8) is 0 Å². The number of rotatable bonds is 7. The lowest BCUT2D eigenvalue weighted by molar-refractivity contribution is -0.125. The van der Waals surface area contributed by atoms with Gasteiger partial charge >= 0.3 is 0 Å². The van der Waals surface area contributed by atoms with Crippen molar-refractivity contribution in [1.82, 2.24) is 10.3 Å². The van der Waals surface area contributed by atoms with E-state index in [4.69, 9.17) is 5.26 Å². The summed E-state index contributed by atoms with van der Waals surface area (Å²) in [6.07, 6.45) is 0.366. The maximum absolute atomic E-state index is 13.1. The number of carbonyl (C=O) groups excluding carboxylic acids is 2. The molecule has 0 radical (unpaired) electrons. The van der Waals surface area contributed by atoms with Gasteiger partial charge in [-0.1, -0.05) is 18.2 Å². The molecule has 0 aliphatic carbocycles. The Morgan fingerprint density at radius 2 is 1.85 bits per heavy atom. The first-order valence-electron chi connectivity index (χ1n) is 8.36. The first kappa shape index (κ1) is 18.7. The molecule has 3 aromatic rings. The third-order valence-electron chi connectivity index (χ3n) is 3.95. The number of ketones is 1. The minimum absolute atomic E-state index is 0.0543. The molecular weight excluding hydrogens is 365 g/mol. The van der Waals surface area contributed by atoms with Gasteiger partial charge < -0.3 is 5.32 Å². The molecule has 0 aliphatic rings. The molecule has 0 unspecified atom stereocenters. The zero-order valence-electron chi connectivity index (χ0n) is 14.4. The Morgan fingerprint density at radius 3 is 2.59 bits per heavy atom. The van der Waals surface area contributed by atoms with Crippen molar-refractivity contribution in [2.75, 3.05) is 6.54 Å². The Hall–Kier alpha value is -3.11. The van der Waals surface area contributed by atoms with Gasteiger partial charge in [0.1, 0.15) is 23.2 Å². The molecule has 0 saturated carbocycles. The Labute approximate surface area is 159 Å². The standard InChI is InChI=1S/C20H16FN3O2S/c21-15-4-1-13(2-5-15)14-3-7-17-18(11-14)27-20(24-17)12-16(25)6-8-19(26)23-10-9-22/h1-5,7,11H,6,8,10,12H2,(H,23,26).